The molecule has 7 rings (SSSR count). The van der Waals surface area contributed by atoms with Crippen LogP contribution in [-0.4, -0.2) is 29.3 Å². The van der Waals surface area contributed by atoms with Gasteiger partial charge in [-0.25, -0.2) is 0 Å². The first kappa shape index (κ1) is 19.6. The zero-order chi connectivity index (χ0) is 22.7. The fourth-order valence-electron chi connectivity index (χ4n) is 5.57. The molecule has 1 aliphatic carbocycles. The maximum absolute atomic E-state index is 12.8. The van der Waals surface area contributed by atoms with Gasteiger partial charge in [0.1, 0.15) is 12.4 Å². The lowest BCUT2D eigenvalue weighted by Crippen LogP contribution is -2.20. The molecule has 168 valence electrons. The Kier molecular flexibility index (Phi) is 4.20. The van der Waals surface area contributed by atoms with Gasteiger partial charge in [0.05, 0.1) is 16.6 Å². The lowest BCUT2D eigenvalue weighted by Gasteiger charge is -2.08. The number of nitrogens with zero attached hydrogens (tertiary/aromatic N) is 1. The predicted octanol–water partition coefficient (Wildman–Crippen LogP) is 4.59. The Bertz CT molecular complexity index is 1490. The number of hydrogen-bond acceptors (Lipinski definition) is 4. The number of fused-ring (bicyclic) bond motifs is 4. The molecule has 3 N–H and O–H groups in total. The number of nitrogens with one attached hydrogen (secondary N) is 3. The van der Waals surface area contributed by atoms with Crippen molar-refractivity contribution in [1.29, 1.82) is 0 Å². The van der Waals surface area contributed by atoms with E-state index in [9.17, 15) is 4.79 Å². The number of rotatable bonds is 3. The van der Waals surface area contributed by atoms with Crippen molar-refractivity contribution in [2.45, 2.75) is 24.3 Å². The molecule has 2 atom stereocenters. The van der Waals surface area contributed by atoms with Gasteiger partial charge in [-0.15, -0.1) is 0 Å². The largest absolute Gasteiger partial charge is 0.492 e. The summed E-state index contributed by atoms with van der Waals surface area (Å²) in [5, 5.41) is 15.2. The Hall–Kier alpha value is -3.90. The van der Waals surface area contributed by atoms with Crippen molar-refractivity contribution in [3.63, 3.8) is 0 Å². The van der Waals surface area contributed by atoms with Gasteiger partial charge in [-0.2, -0.15) is 5.10 Å². The number of aromatic nitrogens is 2. The van der Waals surface area contributed by atoms with Crippen LogP contribution in [0.3, 0.4) is 0 Å². The summed E-state index contributed by atoms with van der Waals surface area (Å²) < 4.78 is 5.78. The van der Waals surface area contributed by atoms with Crippen LogP contribution in [0.15, 0.2) is 60.7 Å². The van der Waals surface area contributed by atoms with Crippen LogP contribution in [0.1, 0.15) is 40.3 Å². The molecule has 0 bridgehead atoms. The van der Waals surface area contributed by atoms with E-state index in [4.69, 9.17) is 4.74 Å². The van der Waals surface area contributed by atoms with Crippen LogP contribution in [0.5, 0.6) is 5.75 Å². The van der Waals surface area contributed by atoms with Crippen LogP contribution in [0.2, 0.25) is 0 Å². The van der Waals surface area contributed by atoms with E-state index in [1.165, 1.54) is 11.1 Å². The van der Waals surface area contributed by atoms with Crippen molar-refractivity contribution in [3.8, 4) is 5.75 Å². The quantitative estimate of drug-likeness (QED) is 0.428. The Morgan fingerprint density at radius 1 is 1.06 bits per heavy atom. The molecule has 1 aromatic heterocycles. The first-order valence-corrected chi connectivity index (χ1v) is 11.8. The molecular formula is C28H24N4O2. The number of amides is 1. The summed E-state index contributed by atoms with van der Waals surface area (Å²) in [6.07, 6.45) is 4.98. The summed E-state index contributed by atoms with van der Waals surface area (Å²) in [6.45, 7) is 2.37. The first-order valence-electron chi connectivity index (χ1n) is 11.8. The molecule has 1 amide bonds. The standard InChI is InChI=1S/C28H24N4O2/c33-27-28(21-3-1-2-4-24(21)30-27)15-22(28)18-7-8-20-23(31-32-25(20)14-18)9-5-17-6-10-26-19(13-17)16-29-11-12-34-26/h1-10,13-14,22,29H,11-12,15-16H2,(H,30,33)(H,31,32)/b9-5+/t22-,28-/m0/s1. The Balaban J connectivity index is 1.16. The number of para-hydroxylation sites is 1. The minimum Gasteiger partial charge on any atom is -0.492 e. The molecule has 1 fully saturated rings. The number of hydrogen-bond donors (Lipinski definition) is 3. The zero-order valence-electron chi connectivity index (χ0n) is 18.6. The third-order valence-electron chi connectivity index (χ3n) is 7.41. The summed E-state index contributed by atoms with van der Waals surface area (Å²) in [7, 11) is 0. The summed E-state index contributed by atoms with van der Waals surface area (Å²) in [4.78, 5) is 12.8. The van der Waals surface area contributed by atoms with Gasteiger partial charge < -0.3 is 15.4 Å². The number of carbonyl (C=O) groups is 1. The van der Waals surface area contributed by atoms with Gasteiger partial charge in [0.25, 0.3) is 0 Å². The molecule has 0 radical (unpaired) electrons. The van der Waals surface area contributed by atoms with Gasteiger partial charge in [0.15, 0.2) is 0 Å². The number of H-pyrrole nitrogens is 1. The molecule has 0 saturated heterocycles. The fourth-order valence-corrected chi connectivity index (χ4v) is 5.57. The van der Waals surface area contributed by atoms with Crippen molar-refractivity contribution in [1.82, 2.24) is 15.5 Å². The maximum atomic E-state index is 12.8. The summed E-state index contributed by atoms with van der Waals surface area (Å²) in [5.74, 6) is 1.27. The number of anilines is 1. The SMILES string of the molecule is O=C1Nc2ccccc2[C@]12C[C@H]2c1ccc2c(/C=C/c3ccc4c(c3)CNCCO4)n[nH]c2c1. The summed E-state index contributed by atoms with van der Waals surface area (Å²) in [6, 6.07) is 20.7. The average Bonchev–Trinajstić information content (AvgIpc) is 3.48. The second kappa shape index (κ2) is 7.30. The van der Waals surface area contributed by atoms with Crippen molar-refractivity contribution in [2.75, 3.05) is 18.5 Å². The second-order valence-electron chi connectivity index (χ2n) is 9.37. The molecule has 2 aliphatic heterocycles. The van der Waals surface area contributed by atoms with Crippen LogP contribution in [0.25, 0.3) is 23.1 Å². The smallest absolute Gasteiger partial charge is 0.235 e. The van der Waals surface area contributed by atoms with E-state index in [2.05, 4.69) is 63.3 Å². The van der Waals surface area contributed by atoms with Gasteiger partial charge in [0, 0.05) is 35.6 Å². The molecule has 6 heteroatoms. The third-order valence-corrected chi connectivity index (χ3v) is 7.41. The van der Waals surface area contributed by atoms with Gasteiger partial charge in [-0.3, -0.25) is 9.89 Å². The monoisotopic (exact) mass is 448 g/mol. The van der Waals surface area contributed by atoms with Crippen molar-refractivity contribution in [2.24, 2.45) is 0 Å². The van der Waals surface area contributed by atoms with Crippen LogP contribution in [0.4, 0.5) is 5.69 Å². The van der Waals surface area contributed by atoms with Crippen molar-refractivity contribution >= 4 is 34.6 Å². The van der Waals surface area contributed by atoms with E-state index in [-0.39, 0.29) is 11.8 Å². The van der Waals surface area contributed by atoms with Crippen molar-refractivity contribution < 1.29 is 9.53 Å². The Morgan fingerprint density at radius 2 is 2.00 bits per heavy atom. The molecule has 1 spiro atoms. The molecule has 3 aliphatic rings. The third kappa shape index (κ3) is 2.92. The number of benzene rings is 3. The van der Waals surface area contributed by atoms with E-state index in [0.29, 0.717) is 6.61 Å². The van der Waals surface area contributed by atoms with Crippen molar-refractivity contribution in [3.05, 3.63) is 88.6 Å². The predicted molar refractivity (Wildman–Crippen MR) is 133 cm³/mol. The highest BCUT2D eigenvalue weighted by Gasteiger charge is 2.65. The molecule has 6 nitrogen and oxygen atoms in total. The average molecular weight is 449 g/mol. The minimum absolute atomic E-state index is 0.119. The van der Waals surface area contributed by atoms with Crippen LogP contribution >= 0.6 is 0 Å². The highest BCUT2D eigenvalue weighted by molar-refractivity contribution is 6.09. The number of ether oxygens (including phenoxy) is 1. The molecule has 3 heterocycles. The highest BCUT2D eigenvalue weighted by atomic mass is 16.5. The van der Waals surface area contributed by atoms with E-state index in [1.807, 2.05) is 30.3 Å². The van der Waals surface area contributed by atoms with Gasteiger partial charge in [-0.05, 0) is 53.5 Å². The normalized spacial score (nSPS) is 22.9. The molecule has 4 aromatic rings. The second-order valence-corrected chi connectivity index (χ2v) is 9.37. The Labute approximate surface area is 197 Å². The molecule has 1 saturated carbocycles. The molecular weight excluding hydrogens is 424 g/mol. The molecule has 0 unspecified atom stereocenters. The van der Waals surface area contributed by atoms with Gasteiger partial charge in [0.2, 0.25) is 5.91 Å². The summed E-state index contributed by atoms with van der Waals surface area (Å²) >= 11 is 0. The Morgan fingerprint density at radius 3 is 2.97 bits per heavy atom. The molecule has 34 heavy (non-hydrogen) atoms. The molecule has 3 aromatic carbocycles. The van der Waals surface area contributed by atoms with Gasteiger partial charge >= 0.3 is 0 Å². The topological polar surface area (TPSA) is 79.0 Å². The zero-order valence-corrected chi connectivity index (χ0v) is 18.6. The maximum Gasteiger partial charge on any atom is 0.235 e. The van der Waals surface area contributed by atoms with Crippen LogP contribution < -0.4 is 15.4 Å². The van der Waals surface area contributed by atoms with E-state index >= 15 is 0 Å². The number of carbonyl (C=O) groups excluding carboxylic acids is 1. The lowest BCUT2D eigenvalue weighted by molar-refractivity contribution is -0.118. The van der Waals surface area contributed by atoms with E-state index in [0.717, 1.165) is 58.7 Å². The van der Waals surface area contributed by atoms with Crippen LogP contribution in [-0.2, 0) is 16.8 Å². The fraction of sp³-hybridized carbons (Fsp3) is 0.214. The highest BCUT2D eigenvalue weighted by Crippen LogP contribution is 2.64. The summed E-state index contributed by atoms with van der Waals surface area (Å²) in [5.41, 5.74) is 7.01. The van der Waals surface area contributed by atoms with Gasteiger partial charge in [-0.1, -0.05) is 42.5 Å². The van der Waals surface area contributed by atoms with E-state index in [1.54, 1.807) is 0 Å². The van der Waals surface area contributed by atoms with E-state index < -0.39 is 5.41 Å². The lowest BCUT2D eigenvalue weighted by atomic mass is 9.92. The first-order chi connectivity index (χ1) is 16.7. The van der Waals surface area contributed by atoms with Crippen LogP contribution in [0, 0.1) is 0 Å². The number of aromatic amines is 1. The minimum atomic E-state index is -0.420.